The van der Waals surface area contributed by atoms with Crippen LogP contribution in [0.1, 0.15) is 17.0 Å². The van der Waals surface area contributed by atoms with Gasteiger partial charge in [0.1, 0.15) is 22.7 Å². The zero-order chi connectivity index (χ0) is 19.1. The van der Waals surface area contributed by atoms with Gasteiger partial charge in [-0.25, -0.2) is 4.98 Å². The van der Waals surface area contributed by atoms with E-state index in [0.29, 0.717) is 37.9 Å². The highest BCUT2D eigenvalue weighted by Gasteiger charge is 2.18. The van der Waals surface area contributed by atoms with Crippen molar-refractivity contribution in [2.45, 2.75) is 13.3 Å². The van der Waals surface area contributed by atoms with Crippen LogP contribution in [0.5, 0.6) is 5.75 Å². The maximum absolute atomic E-state index is 12.6. The van der Waals surface area contributed by atoms with Gasteiger partial charge in [0.2, 0.25) is 5.43 Å². The molecule has 0 amide bonds. The molecule has 2 N–H and O–H groups in total. The average molecular weight is 401 g/mol. The van der Waals surface area contributed by atoms with Crippen LogP contribution in [0.15, 0.2) is 50.6 Å². The van der Waals surface area contributed by atoms with Crippen LogP contribution in [0.4, 0.5) is 0 Å². The molecule has 136 valence electrons. The lowest BCUT2D eigenvalue weighted by molar-refractivity contribution is 0.433. The first-order chi connectivity index (χ1) is 12.9. The number of H-pyrrole nitrogens is 1. The molecule has 27 heavy (non-hydrogen) atoms. The molecular formula is C19H13ClN2O4S. The van der Waals surface area contributed by atoms with Crippen LogP contribution in [0.25, 0.3) is 20.9 Å². The van der Waals surface area contributed by atoms with E-state index in [4.69, 9.17) is 16.0 Å². The van der Waals surface area contributed by atoms with Crippen LogP contribution in [0.3, 0.4) is 0 Å². The number of hydrogen-bond donors (Lipinski definition) is 2. The van der Waals surface area contributed by atoms with Crippen LogP contribution in [-0.2, 0) is 6.42 Å². The first-order valence-electron chi connectivity index (χ1n) is 8.01. The number of aromatic hydroxyl groups is 1. The van der Waals surface area contributed by atoms with Crippen LogP contribution >= 0.6 is 22.9 Å². The Kier molecular flexibility index (Phi) is 4.33. The molecule has 0 aliphatic heterocycles. The van der Waals surface area contributed by atoms with Crippen molar-refractivity contribution < 1.29 is 9.52 Å². The van der Waals surface area contributed by atoms with E-state index in [0.717, 1.165) is 11.8 Å². The number of nitrogens with one attached hydrogen (secondary N) is 1. The predicted octanol–water partition coefficient (Wildman–Crippen LogP) is 3.86. The fraction of sp³-hybridized carbons (Fsp3) is 0.105. The number of nitrogens with zero attached hydrogens (tertiary/aromatic N) is 1. The van der Waals surface area contributed by atoms with Gasteiger partial charge in [-0.2, -0.15) is 0 Å². The van der Waals surface area contributed by atoms with Crippen LogP contribution in [0.2, 0.25) is 5.02 Å². The van der Waals surface area contributed by atoms with E-state index >= 15 is 0 Å². The maximum Gasteiger partial charge on any atom is 0.259 e. The molecule has 0 fully saturated rings. The number of hydrogen-bond acceptors (Lipinski definition) is 6. The Hall–Kier alpha value is -2.90. The fourth-order valence-electron chi connectivity index (χ4n) is 2.87. The molecule has 0 aliphatic carbocycles. The molecule has 8 heteroatoms. The highest BCUT2D eigenvalue weighted by molar-refractivity contribution is 7.22. The lowest BCUT2D eigenvalue weighted by Gasteiger charge is -2.02. The summed E-state index contributed by atoms with van der Waals surface area (Å²) in [6.45, 7) is 1.77. The first kappa shape index (κ1) is 17.5. The number of rotatable bonds is 3. The fourth-order valence-corrected chi connectivity index (χ4v) is 4.24. The Morgan fingerprint density at radius 3 is 2.85 bits per heavy atom. The Morgan fingerprint density at radius 2 is 2.11 bits per heavy atom. The van der Waals surface area contributed by atoms with Crippen LogP contribution in [-0.4, -0.2) is 15.1 Å². The molecule has 0 spiro atoms. The molecule has 0 bridgehead atoms. The van der Waals surface area contributed by atoms with Crippen molar-refractivity contribution in [3.8, 4) is 16.4 Å². The smallest absolute Gasteiger partial charge is 0.259 e. The molecule has 0 saturated heterocycles. The number of aromatic amines is 1. The summed E-state index contributed by atoms with van der Waals surface area (Å²) in [4.78, 5) is 32.8. The van der Waals surface area contributed by atoms with Gasteiger partial charge in [-0.15, -0.1) is 11.3 Å². The molecule has 1 aromatic carbocycles. The molecule has 3 heterocycles. The molecule has 6 nitrogen and oxygen atoms in total. The summed E-state index contributed by atoms with van der Waals surface area (Å²) in [6.07, 6.45) is 1.43. The second-order valence-electron chi connectivity index (χ2n) is 6.05. The van der Waals surface area contributed by atoms with Crippen molar-refractivity contribution in [2.75, 3.05) is 0 Å². The Balaban J connectivity index is 1.82. The zero-order valence-electron chi connectivity index (χ0n) is 14.1. The third-order valence-corrected chi connectivity index (χ3v) is 5.58. The van der Waals surface area contributed by atoms with E-state index in [9.17, 15) is 14.7 Å². The number of aryl methyl sites for hydroxylation is 1. The van der Waals surface area contributed by atoms with E-state index in [-0.39, 0.29) is 11.3 Å². The lowest BCUT2D eigenvalue weighted by atomic mass is 10.1. The summed E-state index contributed by atoms with van der Waals surface area (Å²) < 4.78 is 5.32. The normalized spacial score (nSPS) is 11.2. The third-order valence-electron chi connectivity index (χ3n) is 4.15. The monoisotopic (exact) mass is 400 g/mol. The average Bonchev–Trinajstić information content (AvgIpc) is 2.94. The molecular weight excluding hydrogens is 388 g/mol. The molecule has 0 radical (unpaired) electrons. The van der Waals surface area contributed by atoms with Gasteiger partial charge in [0, 0.05) is 17.5 Å². The maximum atomic E-state index is 12.6. The molecule has 0 aliphatic rings. The van der Waals surface area contributed by atoms with E-state index in [1.807, 2.05) is 18.2 Å². The Bertz CT molecular complexity index is 1290. The minimum atomic E-state index is -0.545. The summed E-state index contributed by atoms with van der Waals surface area (Å²) in [7, 11) is 0. The van der Waals surface area contributed by atoms with Gasteiger partial charge in [-0.3, -0.25) is 9.59 Å². The van der Waals surface area contributed by atoms with Crippen molar-refractivity contribution in [1.29, 1.82) is 0 Å². The largest absolute Gasteiger partial charge is 0.502 e. The van der Waals surface area contributed by atoms with Crippen molar-refractivity contribution in [1.82, 2.24) is 9.97 Å². The summed E-state index contributed by atoms with van der Waals surface area (Å²) in [5.74, 6) is 0.348. The zero-order valence-corrected chi connectivity index (χ0v) is 15.6. The highest BCUT2D eigenvalue weighted by atomic mass is 35.5. The first-order valence-corrected chi connectivity index (χ1v) is 9.21. The summed E-state index contributed by atoms with van der Waals surface area (Å²) in [5, 5.41) is 10.4. The molecule has 3 aromatic heterocycles. The minimum absolute atomic E-state index is 0.252. The number of fused-ring (bicyclic) bond motifs is 1. The van der Waals surface area contributed by atoms with E-state index in [1.54, 1.807) is 13.0 Å². The minimum Gasteiger partial charge on any atom is -0.502 e. The number of aromatic nitrogens is 2. The molecule has 0 unspecified atom stereocenters. The lowest BCUT2D eigenvalue weighted by Crippen LogP contribution is -2.11. The van der Waals surface area contributed by atoms with E-state index < -0.39 is 11.2 Å². The summed E-state index contributed by atoms with van der Waals surface area (Å²) in [5.41, 5.74) is 0.810. The molecule has 4 rings (SSSR count). The molecule has 0 saturated carbocycles. The van der Waals surface area contributed by atoms with Gasteiger partial charge in [0.25, 0.3) is 5.56 Å². The number of benzene rings is 1. The SMILES string of the molecule is Cc1c(-c2cc(=O)c(O)co2)sc2nc(Cc3cccc(Cl)c3)[nH]c(=O)c12. The second kappa shape index (κ2) is 6.68. The number of halogens is 1. The van der Waals surface area contributed by atoms with Gasteiger partial charge in [-0.1, -0.05) is 23.7 Å². The van der Waals surface area contributed by atoms with Crippen molar-refractivity contribution in [3.63, 3.8) is 0 Å². The van der Waals surface area contributed by atoms with Crippen molar-refractivity contribution >= 4 is 33.2 Å². The molecule has 4 aromatic rings. The number of thiophene rings is 1. The van der Waals surface area contributed by atoms with Crippen LogP contribution in [0, 0.1) is 6.92 Å². The van der Waals surface area contributed by atoms with Crippen molar-refractivity contribution in [3.05, 3.63) is 79.1 Å². The van der Waals surface area contributed by atoms with Gasteiger partial charge in [-0.05, 0) is 30.2 Å². The van der Waals surface area contributed by atoms with Gasteiger partial charge >= 0.3 is 0 Å². The summed E-state index contributed by atoms with van der Waals surface area (Å²) >= 11 is 7.27. The standard InChI is InChI=1S/C19H13ClN2O4S/c1-9-16-18(25)21-15(6-10-3-2-4-11(20)5-10)22-19(16)27-17(9)14-7-12(23)13(24)8-26-14/h2-5,7-8,24H,6H2,1H3,(H,21,22,25). The van der Waals surface area contributed by atoms with Gasteiger partial charge < -0.3 is 14.5 Å². The van der Waals surface area contributed by atoms with Gasteiger partial charge in [0.05, 0.1) is 10.3 Å². The Labute approximate surface area is 161 Å². The molecule has 0 atom stereocenters. The third kappa shape index (κ3) is 3.27. The van der Waals surface area contributed by atoms with E-state index in [2.05, 4.69) is 9.97 Å². The van der Waals surface area contributed by atoms with Crippen LogP contribution < -0.4 is 11.0 Å². The highest BCUT2D eigenvalue weighted by Crippen LogP contribution is 2.35. The quantitative estimate of drug-likeness (QED) is 0.544. The predicted molar refractivity (Wildman–Crippen MR) is 105 cm³/mol. The van der Waals surface area contributed by atoms with Gasteiger partial charge in [0.15, 0.2) is 5.75 Å². The van der Waals surface area contributed by atoms with E-state index in [1.165, 1.54) is 17.4 Å². The van der Waals surface area contributed by atoms with Crippen molar-refractivity contribution in [2.24, 2.45) is 0 Å². The second-order valence-corrected chi connectivity index (χ2v) is 7.48. The topological polar surface area (TPSA) is 96.2 Å². The summed E-state index contributed by atoms with van der Waals surface area (Å²) in [6, 6.07) is 8.56. The Morgan fingerprint density at radius 1 is 1.30 bits per heavy atom.